The number of aryl methyl sites for hydroxylation is 2. The number of likely N-dealkylation sites (tertiary alicyclic amines) is 1. The summed E-state index contributed by atoms with van der Waals surface area (Å²) in [5, 5.41) is 9.98. The van der Waals surface area contributed by atoms with E-state index < -0.39 is 0 Å². The number of benzene rings is 3. The molecule has 1 aliphatic heterocycles. The van der Waals surface area contributed by atoms with Crippen LogP contribution in [0.15, 0.2) is 60.7 Å². The van der Waals surface area contributed by atoms with Crippen molar-refractivity contribution in [3.05, 3.63) is 94.0 Å². The molecule has 1 aliphatic rings. The maximum Gasteiger partial charge on any atom is 0.100 e. The number of nitriles is 1. The van der Waals surface area contributed by atoms with E-state index in [-0.39, 0.29) is 0 Å². The predicted molar refractivity (Wildman–Crippen MR) is 149 cm³/mol. The summed E-state index contributed by atoms with van der Waals surface area (Å²) < 4.78 is 0. The summed E-state index contributed by atoms with van der Waals surface area (Å²) in [6, 6.07) is 23.6. The molecular formula is C33H38N2. The van der Waals surface area contributed by atoms with Crippen LogP contribution in [-0.4, -0.2) is 18.0 Å². The van der Waals surface area contributed by atoms with Crippen molar-refractivity contribution >= 4 is 12.2 Å². The summed E-state index contributed by atoms with van der Waals surface area (Å²) in [5.41, 5.74) is 9.34. The lowest BCUT2D eigenvalue weighted by molar-refractivity contribution is 0.220. The van der Waals surface area contributed by atoms with Gasteiger partial charge in [-0.05, 0) is 79.1 Å². The van der Waals surface area contributed by atoms with Crippen LogP contribution < -0.4 is 0 Å². The third-order valence-electron chi connectivity index (χ3n) is 7.22. The van der Waals surface area contributed by atoms with Gasteiger partial charge in [0.1, 0.15) is 6.07 Å². The molecule has 35 heavy (non-hydrogen) atoms. The van der Waals surface area contributed by atoms with Crippen molar-refractivity contribution in [3.63, 3.8) is 0 Å². The zero-order chi connectivity index (χ0) is 24.5. The Morgan fingerprint density at radius 3 is 2.37 bits per heavy atom. The van der Waals surface area contributed by atoms with Crippen LogP contribution in [0.4, 0.5) is 0 Å². The van der Waals surface area contributed by atoms with E-state index in [1.807, 2.05) is 36.4 Å². The predicted octanol–water partition coefficient (Wildman–Crippen LogP) is 8.42. The maximum atomic E-state index is 9.98. The summed E-state index contributed by atoms with van der Waals surface area (Å²) in [4.78, 5) is 2.63. The number of unbranched alkanes of at least 4 members (excludes halogenated alkanes) is 2. The number of piperidine rings is 1. The molecule has 4 rings (SSSR count). The normalized spacial score (nSPS) is 14.3. The molecule has 0 aliphatic carbocycles. The van der Waals surface area contributed by atoms with Crippen molar-refractivity contribution in [3.8, 4) is 17.2 Å². The van der Waals surface area contributed by atoms with E-state index in [1.165, 1.54) is 73.9 Å². The average Bonchev–Trinajstić information content (AvgIpc) is 2.90. The largest absolute Gasteiger partial charge is 0.299 e. The monoisotopic (exact) mass is 462 g/mol. The van der Waals surface area contributed by atoms with E-state index in [0.717, 1.165) is 35.2 Å². The Balaban J connectivity index is 1.64. The highest BCUT2D eigenvalue weighted by Crippen LogP contribution is 2.28. The minimum absolute atomic E-state index is 0.734. The van der Waals surface area contributed by atoms with Crippen molar-refractivity contribution in [2.45, 2.75) is 65.3 Å². The van der Waals surface area contributed by atoms with Crippen molar-refractivity contribution < 1.29 is 0 Å². The molecule has 0 unspecified atom stereocenters. The molecule has 3 aromatic rings. The lowest BCUT2D eigenvalue weighted by Crippen LogP contribution is -2.29. The Kier molecular flexibility index (Phi) is 8.93. The number of hydrogen-bond acceptors (Lipinski definition) is 2. The van der Waals surface area contributed by atoms with Gasteiger partial charge < -0.3 is 0 Å². The molecule has 0 saturated carbocycles. The quantitative estimate of drug-likeness (QED) is 0.236. The molecule has 3 aromatic carbocycles. The first-order valence-corrected chi connectivity index (χ1v) is 13.3. The number of hydrogen-bond donors (Lipinski definition) is 0. The van der Waals surface area contributed by atoms with Crippen LogP contribution in [0.1, 0.15) is 78.8 Å². The molecular weight excluding hydrogens is 424 g/mol. The van der Waals surface area contributed by atoms with Gasteiger partial charge in [0, 0.05) is 12.1 Å². The topological polar surface area (TPSA) is 27.0 Å². The van der Waals surface area contributed by atoms with Crippen molar-refractivity contribution in [2.75, 3.05) is 13.1 Å². The molecule has 0 spiro atoms. The van der Waals surface area contributed by atoms with Gasteiger partial charge in [-0.1, -0.05) is 99.0 Å². The molecule has 180 valence electrons. The van der Waals surface area contributed by atoms with Crippen molar-refractivity contribution in [1.29, 1.82) is 5.26 Å². The van der Waals surface area contributed by atoms with Crippen LogP contribution in [0, 0.1) is 18.3 Å². The summed E-state index contributed by atoms with van der Waals surface area (Å²) >= 11 is 0. The second-order valence-electron chi connectivity index (χ2n) is 9.85. The van der Waals surface area contributed by atoms with Gasteiger partial charge >= 0.3 is 0 Å². The standard InChI is InChI=1S/C33H38N2/c1-3-4-7-15-30-23-29(26(2)22-31(30)25-35-20-10-6-11-21-35)19-18-28-16-12-17-32(33(28)24-34)27-13-8-5-9-14-27/h5,8-9,12-14,16-19,22-23H,3-4,6-7,10-11,15,20-21,25H2,1-2H3/b19-18+. The average molecular weight is 463 g/mol. The molecule has 0 bridgehead atoms. The summed E-state index contributed by atoms with van der Waals surface area (Å²) in [5.74, 6) is 0. The molecule has 2 heteroatoms. The third-order valence-corrected chi connectivity index (χ3v) is 7.22. The van der Waals surface area contributed by atoms with Crippen LogP contribution >= 0.6 is 0 Å². The highest BCUT2D eigenvalue weighted by molar-refractivity contribution is 5.80. The van der Waals surface area contributed by atoms with Gasteiger partial charge in [-0.2, -0.15) is 5.26 Å². The van der Waals surface area contributed by atoms with E-state index >= 15 is 0 Å². The molecule has 0 aromatic heterocycles. The van der Waals surface area contributed by atoms with Crippen molar-refractivity contribution in [1.82, 2.24) is 4.90 Å². The third kappa shape index (κ3) is 6.50. The Morgan fingerprint density at radius 1 is 0.857 bits per heavy atom. The van der Waals surface area contributed by atoms with Gasteiger partial charge in [-0.3, -0.25) is 4.90 Å². The van der Waals surface area contributed by atoms with Gasteiger partial charge in [-0.15, -0.1) is 0 Å². The fraction of sp³-hybridized carbons (Fsp3) is 0.364. The first kappa shape index (κ1) is 25.0. The molecule has 0 atom stereocenters. The van der Waals surface area contributed by atoms with Crippen LogP contribution in [0.3, 0.4) is 0 Å². The minimum atomic E-state index is 0.734. The van der Waals surface area contributed by atoms with Gasteiger partial charge in [0.15, 0.2) is 0 Å². The van der Waals surface area contributed by atoms with E-state index in [1.54, 1.807) is 0 Å². The summed E-state index contributed by atoms with van der Waals surface area (Å²) in [6.07, 6.45) is 13.3. The van der Waals surface area contributed by atoms with E-state index in [4.69, 9.17) is 0 Å². The first-order valence-electron chi connectivity index (χ1n) is 13.3. The molecule has 0 amide bonds. The molecule has 0 N–H and O–H groups in total. The first-order chi connectivity index (χ1) is 17.2. The van der Waals surface area contributed by atoms with E-state index in [0.29, 0.717) is 0 Å². The van der Waals surface area contributed by atoms with Gasteiger partial charge in [-0.25, -0.2) is 0 Å². The highest BCUT2D eigenvalue weighted by Gasteiger charge is 2.14. The lowest BCUT2D eigenvalue weighted by atomic mass is 9.93. The zero-order valence-corrected chi connectivity index (χ0v) is 21.4. The Morgan fingerprint density at radius 2 is 1.63 bits per heavy atom. The zero-order valence-electron chi connectivity index (χ0n) is 21.4. The SMILES string of the molecule is CCCCCc1cc(/C=C/c2cccc(-c3ccccc3)c2C#N)c(C)cc1CN1CCCCC1. The smallest absolute Gasteiger partial charge is 0.100 e. The molecule has 1 saturated heterocycles. The second kappa shape index (κ2) is 12.5. The molecule has 1 fully saturated rings. The molecule has 2 nitrogen and oxygen atoms in total. The van der Waals surface area contributed by atoms with Crippen LogP contribution in [0.5, 0.6) is 0 Å². The number of nitrogens with zero attached hydrogens (tertiary/aromatic N) is 2. The van der Waals surface area contributed by atoms with Crippen LogP contribution in [-0.2, 0) is 13.0 Å². The number of rotatable bonds is 9. The highest BCUT2D eigenvalue weighted by atomic mass is 15.1. The lowest BCUT2D eigenvalue weighted by Gasteiger charge is -2.28. The van der Waals surface area contributed by atoms with Crippen LogP contribution in [0.2, 0.25) is 0 Å². The summed E-state index contributed by atoms with van der Waals surface area (Å²) in [7, 11) is 0. The van der Waals surface area contributed by atoms with Crippen LogP contribution in [0.25, 0.3) is 23.3 Å². The Labute approximate surface area is 211 Å². The fourth-order valence-electron chi connectivity index (χ4n) is 5.19. The van der Waals surface area contributed by atoms with Gasteiger partial charge in [0.05, 0.1) is 5.56 Å². The molecule has 1 heterocycles. The minimum Gasteiger partial charge on any atom is -0.299 e. The van der Waals surface area contributed by atoms with E-state index in [9.17, 15) is 5.26 Å². The Hall–Kier alpha value is -3.15. The Bertz CT molecular complexity index is 1180. The van der Waals surface area contributed by atoms with Gasteiger partial charge in [0.2, 0.25) is 0 Å². The summed E-state index contributed by atoms with van der Waals surface area (Å²) in [6.45, 7) is 8.02. The second-order valence-corrected chi connectivity index (χ2v) is 9.85. The molecule has 0 radical (unpaired) electrons. The van der Waals surface area contributed by atoms with Gasteiger partial charge in [0.25, 0.3) is 0 Å². The van der Waals surface area contributed by atoms with E-state index in [2.05, 4.69) is 61.2 Å². The van der Waals surface area contributed by atoms with Crippen molar-refractivity contribution in [2.24, 2.45) is 0 Å². The maximum absolute atomic E-state index is 9.98. The fourth-order valence-corrected chi connectivity index (χ4v) is 5.19.